The van der Waals surface area contributed by atoms with Gasteiger partial charge in [0.15, 0.2) is 0 Å². The van der Waals surface area contributed by atoms with Crippen molar-refractivity contribution in [1.82, 2.24) is 4.98 Å². The van der Waals surface area contributed by atoms with Crippen LogP contribution < -0.4 is 9.47 Å². The van der Waals surface area contributed by atoms with E-state index in [0.29, 0.717) is 11.6 Å². The van der Waals surface area contributed by atoms with Gasteiger partial charge in [-0.25, -0.2) is 4.98 Å². The van der Waals surface area contributed by atoms with Crippen molar-refractivity contribution in [3.8, 4) is 17.4 Å². The van der Waals surface area contributed by atoms with Crippen LogP contribution in [0.3, 0.4) is 0 Å². The minimum absolute atomic E-state index is 0.570. The van der Waals surface area contributed by atoms with Crippen LogP contribution in [-0.2, 0) is 0 Å². The number of hydrogen-bond donors (Lipinski definition) is 0. The van der Waals surface area contributed by atoms with Crippen LogP contribution in [0.1, 0.15) is 5.56 Å². The zero-order valence-electron chi connectivity index (χ0n) is 9.01. The second-order valence-corrected chi connectivity index (χ2v) is 3.28. The van der Waals surface area contributed by atoms with Gasteiger partial charge in [-0.2, -0.15) is 0 Å². The lowest BCUT2D eigenvalue weighted by atomic mass is 10.2. The van der Waals surface area contributed by atoms with Crippen molar-refractivity contribution < 1.29 is 9.47 Å². The monoisotopic (exact) mass is 214 g/mol. The maximum absolute atomic E-state index is 5.59. The average molecular weight is 214 g/mol. The van der Waals surface area contributed by atoms with Gasteiger partial charge < -0.3 is 9.47 Å². The Balaban J connectivity index is 2.11. The van der Waals surface area contributed by atoms with E-state index in [-0.39, 0.29) is 0 Å². The van der Waals surface area contributed by atoms with Crippen molar-refractivity contribution in [2.24, 2.45) is 0 Å². The lowest BCUT2D eigenvalue weighted by molar-refractivity contribution is 0.395. The van der Waals surface area contributed by atoms with Crippen molar-refractivity contribution in [2.75, 3.05) is 7.11 Å². The molecule has 3 heteroatoms. The lowest BCUT2D eigenvalue weighted by Crippen LogP contribution is -1.88. The zero-order valence-corrected chi connectivity index (χ0v) is 9.01. The number of nitrogens with zero attached hydrogens (tertiary/aromatic N) is 1. The quantitative estimate of drug-likeness (QED) is 0.786. The molecule has 0 aliphatic heterocycles. The van der Waals surface area contributed by atoms with Gasteiger partial charge in [0.25, 0.3) is 0 Å². The minimum atomic E-state index is 0.570. The third-order valence-electron chi connectivity index (χ3n) is 2.08. The molecule has 0 bridgehead atoms. The Morgan fingerprint density at radius 3 is 2.25 bits per heavy atom. The largest absolute Gasteiger partial charge is 0.481 e. The fraction of sp³-hybridized carbons (Fsp3) is 0.0769. The molecule has 0 fully saturated rings. The number of rotatable bonds is 3. The van der Waals surface area contributed by atoms with Gasteiger partial charge in [-0.3, -0.25) is 0 Å². The van der Waals surface area contributed by atoms with Gasteiger partial charge in [-0.1, -0.05) is 12.1 Å². The van der Waals surface area contributed by atoms with Crippen LogP contribution in [0.5, 0.6) is 17.4 Å². The number of benzene rings is 1. The van der Waals surface area contributed by atoms with Crippen molar-refractivity contribution in [3.05, 3.63) is 55.1 Å². The van der Waals surface area contributed by atoms with Gasteiger partial charge in [-0.15, -0.1) is 0 Å². The second-order valence-electron chi connectivity index (χ2n) is 3.28. The molecule has 1 aromatic heterocycles. The molecule has 0 atom stereocenters. The lowest BCUT2D eigenvalue weighted by Gasteiger charge is -2.05. The summed E-state index contributed by atoms with van der Waals surface area (Å²) in [6, 6.07) is 11.1. The summed E-state index contributed by atoms with van der Waals surface area (Å²) in [5.41, 5.74) is 0.959. The van der Waals surface area contributed by atoms with E-state index >= 15 is 0 Å². The first kappa shape index (κ1) is 10.5. The van der Waals surface area contributed by atoms with Crippen molar-refractivity contribution >= 4 is 0 Å². The van der Waals surface area contributed by atoms with Crippen LogP contribution in [0.15, 0.2) is 42.6 Å². The van der Waals surface area contributed by atoms with Crippen LogP contribution in [-0.4, -0.2) is 12.1 Å². The molecule has 1 heterocycles. The molecule has 2 rings (SSSR count). The Labute approximate surface area is 94.7 Å². The summed E-state index contributed by atoms with van der Waals surface area (Å²) >= 11 is 0. The molecule has 0 N–H and O–H groups in total. The highest BCUT2D eigenvalue weighted by Crippen LogP contribution is 2.21. The first-order valence-corrected chi connectivity index (χ1v) is 4.88. The maximum Gasteiger partial charge on any atom is 0.213 e. The molecule has 0 aliphatic rings. The predicted molar refractivity (Wildman–Crippen MR) is 61.8 cm³/mol. The van der Waals surface area contributed by atoms with E-state index < -0.39 is 0 Å². The normalized spacial score (nSPS) is 9.88. The third kappa shape index (κ3) is 2.51. The average Bonchev–Trinajstić information content (AvgIpc) is 2.33. The third-order valence-corrected chi connectivity index (χ3v) is 2.08. The first-order chi connectivity index (χ1) is 7.78. The molecular weight excluding hydrogens is 202 g/mol. The molecule has 3 nitrogen and oxygen atoms in total. The highest BCUT2D eigenvalue weighted by Gasteiger charge is 1.98. The van der Waals surface area contributed by atoms with Crippen molar-refractivity contribution in [2.45, 2.75) is 0 Å². The fourth-order valence-electron chi connectivity index (χ4n) is 1.24. The number of pyridine rings is 1. The summed E-state index contributed by atoms with van der Waals surface area (Å²) in [6.07, 6.45) is 1.62. The van der Waals surface area contributed by atoms with Gasteiger partial charge >= 0.3 is 0 Å². The van der Waals surface area contributed by atoms with E-state index in [1.165, 1.54) is 0 Å². The van der Waals surface area contributed by atoms with Crippen LogP contribution >= 0.6 is 0 Å². The molecule has 0 aliphatic carbocycles. The van der Waals surface area contributed by atoms with E-state index in [4.69, 9.17) is 9.47 Å². The van der Waals surface area contributed by atoms with Gasteiger partial charge in [0.05, 0.1) is 13.3 Å². The van der Waals surface area contributed by atoms with Crippen LogP contribution in [0.4, 0.5) is 0 Å². The van der Waals surface area contributed by atoms with Gasteiger partial charge in [-0.05, 0) is 30.7 Å². The molecule has 2 aromatic rings. The maximum atomic E-state index is 5.59. The van der Waals surface area contributed by atoms with Gasteiger partial charge in [0.2, 0.25) is 5.88 Å². The molecule has 1 radical (unpaired) electrons. The fourth-order valence-corrected chi connectivity index (χ4v) is 1.24. The molecule has 0 saturated carbocycles. The molecular formula is C13H12NO2. The second kappa shape index (κ2) is 4.66. The Bertz CT molecular complexity index is 448. The highest BCUT2D eigenvalue weighted by molar-refractivity contribution is 5.33. The molecule has 1 aromatic carbocycles. The molecule has 0 unspecified atom stereocenters. The summed E-state index contributed by atoms with van der Waals surface area (Å²) in [5.74, 6) is 2.01. The Morgan fingerprint density at radius 2 is 1.69 bits per heavy atom. The van der Waals surface area contributed by atoms with Crippen molar-refractivity contribution in [1.29, 1.82) is 0 Å². The SMILES string of the molecule is [CH2]c1ccc(Oc2ccc(OC)nc2)cc1. The van der Waals surface area contributed by atoms with Crippen molar-refractivity contribution in [3.63, 3.8) is 0 Å². The number of aromatic nitrogens is 1. The van der Waals surface area contributed by atoms with E-state index in [0.717, 1.165) is 11.3 Å². The Kier molecular flexibility index (Phi) is 3.05. The standard InChI is InChI=1S/C13H12NO2/c1-10-3-5-11(6-4-10)16-12-7-8-13(15-2)14-9-12/h3-9H,1H2,2H3. The topological polar surface area (TPSA) is 31.4 Å². The van der Waals surface area contributed by atoms with Crippen LogP contribution in [0, 0.1) is 6.92 Å². The number of ether oxygens (including phenoxy) is 2. The van der Waals surface area contributed by atoms with Crippen LogP contribution in [0.2, 0.25) is 0 Å². The van der Waals surface area contributed by atoms with E-state index in [1.807, 2.05) is 30.3 Å². The van der Waals surface area contributed by atoms with E-state index in [9.17, 15) is 0 Å². The molecule has 0 amide bonds. The number of methoxy groups -OCH3 is 1. The summed E-state index contributed by atoms with van der Waals surface area (Å²) in [5, 5.41) is 0. The Morgan fingerprint density at radius 1 is 1.00 bits per heavy atom. The zero-order chi connectivity index (χ0) is 11.4. The summed E-state index contributed by atoms with van der Waals surface area (Å²) < 4.78 is 10.5. The summed E-state index contributed by atoms with van der Waals surface area (Å²) in [7, 11) is 1.58. The molecule has 0 spiro atoms. The molecule has 16 heavy (non-hydrogen) atoms. The van der Waals surface area contributed by atoms with Gasteiger partial charge in [0.1, 0.15) is 11.5 Å². The predicted octanol–water partition coefficient (Wildman–Crippen LogP) is 3.06. The number of hydrogen-bond acceptors (Lipinski definition) is 3. The minimum Gasteiger partial charge on any atom is -0.481 e. The Hall–Kier alpha value is -2.03. The molecule has 0 saturated heterocycles. The van der Waals surface area contributed by atoms with E-state index in [2.05, 4.69) is 11.9 Å². The first-order valence-electron chi connectivity index (χ1n) is 4.88. The smallest absolute Gasteiger partial charge is 0.213 e. The highest BCUT2D eigenvalue weighted by atomic mass is 16.5. The summed E-state index contributed by atoms with van der Waals surface area (Å²) in [6.45, 7) is 3.81. The summed E-state index contributed by atoms with van der Waals surface area (Å²) in [4.78, 5) is 4.05. The van der Waals surface area contributed by atoms with Gasteiger partial charge in [0, 0.05) is 6.07 Å². The van der Waals surface area contributed by atoms with E-state index in [1.54, 1.807) is 19.4 Å². The van der Waals surface area contributed by atoms with Crippen LogP contribution in [0.25, 0.3) is 0 Å². The molecule has 81 valence electrons.